The monoisotopic (exact) mass is 282 g/mol. The fourth-order valence-corrected chi connectivity index (χ4v) is 1.59. The number of likely N-dealkylation sites (N-methyl/N-ethyl adjacent to an activating group) is 1. The summed E-state index contributed by atoms with van der Waals surface area (Å²) in [5, 5.41) is 16.5. The van der Waals surface area contributed by atoms with Gasteiger partial charge < -0.3 is 15.5 Å². The molecular formula is C11H18N6O3. The second-order valence-electron chi connectivity index (χ2n) is 4.15. The Hall–Kier alpha value is -2.45. The lowest BCUT2D eigenvalue weighted by Crippen LogP contribution is -2.39. The number of nitrogens with zero attached hydrogens (tertiary/aromatic N) is 4. The molecule has 0 aliphatic heterocycles. The SMILES string of the molecule is CCN(C)C(=O)C(C)Nc1ncnc(NC)c1[N+](=O)[O-]. The first kappa shape index (κ1) is 15.6. The number of hydrogen-bond acceptors (Lipinski definition) is 7. The van der Waals surface area contributed by atoms with Crippen molar-refractivity contribution in [2.24, 2.45) is 0 Å². The molecule has 0 aliphatic rings. The number of hydrogen-bond donors (Lipinski definition) is 2. The van der Waals surface area contributed by atoms with E-state index in [0.717, 1.165) is 0 Å². The van der Waals surface area contributed by atoms with Crippen LogP contribution in [-0.4, -0.2) is 52.4 Å². The number of nitrogens with one attached hydrogen (secondary N) is 2. The van der Waals surface area contributed by atoms with E-state index in [2.05, 4.69) is 20.6 Å². The molecule has 9 nitrogen and oxygen atoms in total. The molecule has 9 heteroatoms. The molecule has 1 atom stereocenters. The fourth-order valence-electron chi connectivity index (χ4n) is 1.59. The molecule has 0 spiro atoms. The summed E-state index contributed by atoms with van der Waals surface area (Å²) in [7, 11) is 3.19. The predicted molar refractivity (Wildman–Crippen MR) is 74.6 cm³/mol. The Kier molecular flexibility index (Phi) is 5.18. The lowest BCUT2D eigenvalue weighted by molar-refractivity contribution is -0.383. The van der Waals surface area contributed by atoms with Gasteiger partial charge in [0, 0.05) is 20.6 Å². The number of amides is 1. The van der Waals surface area contributed by atoms with Crippen molar-refractivity contribution >= 4 is 23.2 Å². The highest BCUT2D eigenvalue weighted by Crippen LogP contribution is 2.28. The molecule has 0 aliphatic carbocycles. The summed E-state index contributed by atoms with van der Waals surface area (Å²) in [6.07, 6.45) is 1.20. The van der Waals surface area contributed by atoms with Crippen LogP contribution in [0.25, 0.3) is 0 Å². The standard InChI is InChI=1S/C11H18N6O3/c1-5-16(4)11(18)7(2)15-10-8(17(19)20)9(12-3)13-6-14-10/h6-7H,5H2,1-4H3,(H2,12,13,14,15). The Bertz CT molecular complexity index is 507. The maximum atomic E-state index is 11.9. The maximum Gasteiger partial charge on any atom is 0.353 e. The van der Waals surface area contributed by atoms with Crippen molar-refractivity contribution in [2.75, 3.05) is 31.3 Å². The Morgan fingerprint density at radius 1 is 1.50 bits per heavy atom. The lowest BCUT2D eigenvalue weighted by Gasteiger charge is -2.20. The number of anilines is 2. The van der Waals surface area contributed by atoms with Crippen LogP contribution >= 0.6 is 0 Å². The van der Waals surface area contributed by atoms with Crippen molar-refractivity contribution in [3.63, 3.8) is 0 Å². The maximum absolute atomic E-state index is 11.9. The van der Waals surface area contributed by atoms with Gasteiger partial charge in [0.15, 0.2) is 0 Å². The van der Waals surface area contributed by atoms with Gasteiger partial charge in [-0.3, -0.25) is 14.9 Å². The van der Waals surface area contributed by atoms with Gasteiger partial charge in [-0.25, -0.2) is 9.97 Å². The normalized spacial score (nSPS) is 11.6. The Labute approximate surface area is 116 Å². The van der Waals surface area contributed by atoms with E-state index in [-0.39, 0.29) is 23.2 Å². The molecule has 1 rings (SSSR count). The third-order valence-corrected chi connectivity index (χ3v) is 2.82. The van der Waals surface area contributed by atoms with Crippen LogP contribution in [0, 0.1) is 10.1 Å². The minimum absolute atomic E-state index is 0.0136. The van der Waals surface area contributed by atoms with Crippen LogP contribution in [0.15, 0.2) is 6.33 Å². The zero-order chi connectivity index (χ0) is 15.3. The first-order valence-corrected chi connectivity index (χ1v) is 6.11. The van der Waals surface area contributed by atoms with Crippen LogP contribution in [0.3, 0.4) is 0 Å². The Morgan fingerprint density at radius 3 is 2.60 bits per heavy atom. The largest absolute Gasteiger partial charge is 0.367 e. The number of carbonyl (C=O) groups excluding carboxylic acids is 1. The third kappa shape index (κ3) is 3.31. The van der Waals surface area contributed by atoms with Crippen molar-refractivity contribution in [1.29, 1.82) is 0 Å². The molecule has 1 heterocycles. The molecule has 0 fully saturated rings. The summed E-state index contributed by atoms with van der Waals surface area (Å²) in [5.41, 5.74) is -0.284. The topological polar surface area (TPSA) is 113 Å². The fraction of sp³-hybridized carbons (Fsp3) is 0.545. The van der Waals surface area contributed by atoms with Gasteiger partial charge >= 0.3 is 5.69 Å². The van der Waals surface area contributed by atoms with Crippen LogP contribution in [0.2, 0.25) is 0 Å². The summed E-state index contributed by atoms with van der Waals surface area (Å²) in [6, 6.07) is -0.627. The number of aromatic nitrogens is 2. The number of carbonyl (C=O) groups is 1. The van der Waals surface area contributed by atoms with E-state index in [1.165, 1.54) is 18.3 Å². The summed E-state index contributed by atoms with van der Waals surface area (Å²) in [6.45, 7) is 4.02. The van der Waals surface area contributed by atoms with E-state index in [1.54, 1.807) is 14.0 Å². The molecule has 1 aromatic heterocycles. The summed E-state index contributed by atoms with van der Waals surface area (Å²) < 4.78 is 0. The summed E-state index contributed by atoms with van der Waals surface area (Å²) in [5.74, 6) is -0.0675. The van der Waals surface area contributed by atoms with Crippen molar-refractivity contribution < 1.29 is 9.72 Å². The second-order valence-corrected chi connectivity index (χ2v) is 4.15. The summed E-state index contributed by atoms with van der Waals surface area (Å²) >= 11 is 0. The van der Waals surface area contributed by atoms with Crippen LogP contribution < -0.4 is 10.6 Å². The van der Waals surface area contributed by atoms with Gasteiger partial charge in [0.05, 0.1) is 4.92 Å². The molecule has 0 saturated heterocycles. The molecule has 0 radical (unpaired) electrons. The summed E-state index contributed by atoms with van der Waals surface area (Å²) in [4.78, 5) is 31.6. The van der Waals surface area contributed by atoms with Crippen LogP contribution in [0.1, 0.15) is 13.8 Å². The Morgan fingerprint density at radius 2 is 2.10 bits per heavy atom. The molecule has 110 valence electrons. The smallest absolute Gasteiger partial charge is 0.353 e. The van der Waals surface area contributed by atoms with Gasteiger partial charge in [-0.15, -0.1) is 0 Å². The van der Waals surface area contributed by atoms with Crippen molar-refractivity contribution in [3.05, 3.63) is 16.4 Å². The van der Waals surface area contributed by atoms with E-state index < -0.39 is 11.0 Å². The quantitative estimate of drug-likeness (QED) is 0.583. The molecule has 1 amide bonds. The van der Waals surface area contributed by atoms with Crippen molar-refractivity contribution in [3.8, 4) is 0 Å². The van der Waals surface area contributed by atoms with Gasteiger partial charge in [-0.05, 0) is 13.8 Å². The van der Waals surface area contributed by atoms with E-state index in [0.29, 0.717) is 6.54 Å². The third-order valence-electron chi connectivity index (χ3n) is 2.82. The lowest BCUT2D eigenvalue weighted by atomic mass is 10.3. The first-order chi connectivity index (χ1) is 9.42. The number of nitro groups is 1. The Balaban J connectivity index is 3.03. The molecule has 20 heavy (non-hydrogen) atoms. The molecule has 0 saturated carbocycles. The van der Waals surface area contributed by atoms with Gasteiger partial charge in [0.1, 0.15) is 12.4 Å². The predicted octanol–water partition coefficient (Wildman–Crippen LogP) is 0.705. The minimum atomic E-state index is -0.627. The molecular weight excluding hydrogens is 264 g/mol. The van der Waals surface area contributed by atoms with E-state index in [9.17, 15) is 14.9 Å². The highest BCUT2D eigenvalue weighted by atomic mass is 16.6. The van der Waals surface area contributed by atoms with Crippen molar-refractivity contribution in [1.82, 2.24) is 14.9 Å². The van der Waals surface area contributed by atoms with Gasteiger partial charge in [-0.2, -0.15) is 0 Å². The van der Waals surface area contributed by atoms with Crippen molar-refractivity contribution in [2.45, 2.75) is 19.9 Å². The van der Waals surface area contributed by atoms with Gasteiger partial charge in [0.25, 0.3) is 0 Å². The van der Waals surface area contributed by atoms with E-state index >= 15 is 0 Å². The van der Waals surface area contributed by atoms with Crippen LogP contribution in [0.4, 0.5) is 17.3 Å². The van der Waals surface area contributed by atoms with E-state index in [1.807, 2.05) is 6.92 Å². The zero-order valence-corrected chi connectivity index (χ0v) is 11.9. The molecule has 0 aromatic carbocycles. The average Bonchev–Trinajstić information content (AvgIpc) is 2.44. The van der Waals surface area contributed by atoms with Crippen LogP contribution in [-0.2, 0) is 4.79 Å². The van der Waals surface area contributed by atoms with E-state index in [4.69, 9.17) is 0 Å². The average molecular weight is 282 g/mol. The second kappa shape index (κ2) is 6.64. The van der Waals surface area contributed by atoms with Gasteiger partial charge in [-0.1, -0.05) is 0 Å². The zero-order valence-electron chi connectivity index (χ0n) is 11.9. The van der Waals surface area contributed by atoms with Crippen LogP contribution in [0.5, 0.6) is 0 Å². The molecule has 0 bridgehead atoms. The number of rotatable bonds is 6. The minimum Gasteiger partial charge on any atom is -0.367 e. The molecule has 2 N–H and O–H groups in total. The first-order valence-electron chi connectivity index (χ1n) is 6.11. The highest BCUT2D eigenvalue weighted by Gasteiger charge is 2.25. The molecule has 1 unspecified atom stereocenters. The molecule has 1 aromatic rings. The highest BCUT2D eigenvalue weighted by molar-refractivity contribution is 5.85. The van der Waals surface area contributed by atoms with Gasteiger partial charge in [0.2, 0.25) is 17.5 Å².